The highest BCUT2D eigenvalue weighted by molar-refractivity contribution is 8.01. The van der Waals surface area contributed by atoms with Gasteiger partial charge in [-0.2, -0.15) is 13.2 Å². The van der Waals surface area contributed by atoms with E-state index < -0.39 is 24.7 Å². The van der Waals surface area contributed by atoms with Crippen LogP contribution in [0.25, 0.3) is 0 Å². The lowest BCUT2D eigenvalue weighted by molar-refractivity contribution is -0.164. The lowest BCUT2D eigenvalue weighted by atomic mass is 10.2. The van der Waals surface area contributed by atoms with Crippen LogP contribution >= 0.6 is 23.1 Å². The van der Waals surface area contributed by atoms with Crippen molar-refractivity contribution in [1.29, 1.82) is 0 Å². The molecular formula is C17H19F3N4OS2. The van der Waals surface area contributed by atoms with Crippen molar-refractivity contribution in [2.45, 2.75) is 36.3 Å². The van der Waals surface area contributed by atoms with E-state index in [4.69, 9.17) is 0 Å². The zero-order valence-electron chi connectivity index (χ0n) is 14.6. The molecule has 1 aromatic carbocycles. The van der Waals surface area contributed by atoms with E-state index in [1.807, 2.05) is 30.3 Å². The maximum Gasteiger partial charge on any atom is 0.406 e. The summed E-state index contributed by atoms with van der Waals surface area (Å²) in [5.74, 6) is -0.443. The van der Waals surface area contributed by atoms with Crippen LogP contribution in [0.3, 0.4) is 0 Å². The molecule has 2 aromatic rings. The van der Waals surface area contributed by atoms with Gasteiger partial charge in [-0.25, -0.2) is 0 Å². The third-order valence-corrected chi connectivity index (χ3v) is 6.17. The van der Waals surface area contributed by atoms with Crippen molar-refractivity contribution in [3.8, 4) is 0 Å². The SMILES string of the molecule is C[C@@H](C1CC1)N(CC(F)(F)F)C(=O)CSc1nnc(Nc2ccccc2)s1. The molecule has 0 aliphatic heterocycles. The molecule has 1 heterocycles. The molecule has 0 saturated heterocycles. The number of hydrogen-bond donors (Lipinski definition) is 1. The van der Waals surface area contributed by atoms with Crippen LogP contribution in [0.2, 0.25) is 0 Å². The molecule has 1 fully saturated rings. The summed E-state index contributed by atoms with van der Waals surface area (Å²) >= 11 is 2.37. The molecule has 1 amide bonds. The molecule has 146 valence electrons. The zero-order chi connectivity index (χ0) is 19.4. The Balaban J connectivity index is 1.56. The Bertz CT molecular complexity index is 765. The zero-order valence-corrected chi connectivity index (χ0v) is 16.2. The maximum atomic E-state index is 12.9. The fourth-order valence-corrected chi connectivity index (χ4v) is 4.31. The van der Waals surface area contributed by atoms with Gasteiger partial charge in [0.1, 0.15) is 6.54 Å². The molecule has 3 rings (SSSR count). The number of amides is 1. The summed E-state index contributed by atoms with van der Waals surface area (Å²) in [6.45, 7) is 0.486. The van der Waals surface area contributed by atoms with E-state index in [1.165, 1.54) is 11.3 Å². The molecule has 0 spiro atoms. The summed E-state index contributed by atoms with van der Waals surface area (Å²) in [4.78, 5) is 13.4. The summed E-state index contributed by atoms with van der Waals surface area (Å²) in [5, 5.41) is 11.6. The van der Waals surface area contributed by atoms with Crippen LogP contribution in [0, 0.1) is 5.92 Å². The molecule has 0 radical (unpaired) electrons. The number of carbonyl (C=O) groups is 1. The van der Waals surface area contributed by atoms with Gasteiger partial charge in [-0.3, -0.25) is 4.79 Å². The first kappa shape index (κ1) is 19.9. The predicted molar refractivity (Wildman–Crippen MR) is 100 cm³/mol. The fourth-order valence-electron chi connectivity index (χ4n) is 2.66. The van der Waals surface area contributed by atoms with Crippen molar-refractivity contribution in [3.63, 3.8) is 0 Å². The number of alkyl halides is 3. The Kier molecular flexibility index (Phi) is 6.25. The summed E-state index contributed by atoms with van der Waals surface area (Å²) in [7, 11) is 0. The molecule has 5 nitrogen and oxygen atoms in total. The molecular weight excluding hydrogens is 397 g/mol. The number of anilines is 2. The Labute approximate surface area is 163 Å². The minimum Gasteiger partial charge on any atom is -0.330 e. The third-order valence-electron chi connectivity index (χ3n) is 4.22. The quantitative estimate of drug-likeness (QED) is 0.639. The van der Waals surface area contributed by atoms with Crippen molar-refractivity contribution in [2.75, 3.05) is 17.6 Å². The Morgan fingerprint density at radius 2 is 2.04 bits per heavy atom. The Morgan fingerprint density at radius 1 is 1.33 bits per heavy atom. The number of benzene rings is 1. The van der Waals surface area contributed by atoms with Crippen LogP contribution in [0.5, 0.6) is 0 Å². The van der Waals surface area contributed by atoms with Crippen molar-refractivity contribution in [1.82, 2.24) is 15.1 Å². The van der Waals surface area contributed by atoms with Gasteiger partial charge in [0.2, 0.25) is 11.0 Å². The van der Waals surface area contributed by atoms with Crippen molar-refractivity contribution in [3.05, 3.63) is 30.3 Å². The lowest BCUT2D eigenvalue weighted by Crippen LogP contribution is -2.46. The van der Waals surface area contributed by atoms with Gasteiger partial charge in [0.25, 0.3) is 0 Å². The second-order valence-corrected chi connectivity index (χ2v) is 8.57. The molecule has 10 heteroatoms. The average molecular weight is 416 g/mol. The lowest BCUT2D eigenvalue weighted by Gasteiger charge is -2.30. The number of para-hydroxylation sites is 1. The van der Waals surface area contributed by atoms with Crippen molar-refractivity contribution in [2.24, 2.45) is 5.92 Å². The largest absolute Gasteiger partial charge is 0.406 e. The topological polar surface area (TPSA) is 58.1 Å². The normalized spacial score (nSPS) is 15.4. The third kappa shape index (κ3) is 6.10. The van der Waals surface area contributed by atoms with Gasteiger partial charge in [-0.1, -0.05) is 41.3 Å². The number of rotatable bonds is 8. The molecule has 27 heavy (non-hydrogen) atoms. The average Bonchev–Trinajstić information content (AvgIpc) is 3.38. The molecule has 1 atom stereocenters. The molecule has 1 aliphatic rings. The van der Waals surface area contributed by atoms with Crippen LogP contribution in [0.4, 0.5) is 24.0 Å². The van der Waals surface area contributed by atoms with E-state index >= 15 is 0 Å². The first-order valence-electron chi connectivity index (χ1n) is 8.46. The Morgan fingerprint density at radius 3 is 2.67 bits per heavy atom. The van der Waals surface area contributed by atoms with E-state index in [1.54, 1.807) is 6.92 Å². The van der Waals surface area contributed by atoms with Gasteiger partial charge in [-0.15, -0.1) is 10.2 Å². The van der Waals surface area contributed by atoms with Crippen LogP contribution in [0.15, 0.2) is 34.7 Å². The van der Waals surface area contributed by atoms with Gasteiger partial charge in [0.15, 0.2) is 4.34 Å². The van der Waals surface area contributed by atoms with Crippen LogP contribution in [0.1, 0.15) is 19.8 Å². The minimum absolute atomic E-state index is 0.0902. The highest BCUT2D eigenvalue weighted by Crippen LogP contribution is 2.37. The predicted octanol–water partition coefficient (Wildman–Crippen LogP) is 4.56. The molecule has 0 bridgehead atoms. The number of hydrogen-bond acceptors (Lipinski definition) is 6. The monoisotopic (exact) mass is 416 g/mol. The summed E-state index contributed by atoms with van der Waals surface area (Å²) < 4.78 is 39.1. The van der Waals surface area contributed by atoms with Gasteiger partial charge in [0, 0.05) is 11.7 Å². The van der Waals surface area contributed by atoms with Gasteiger partial charge in [0.05, 0.1) is 5.75 Å². The van der Waals surface area contributed by atoms with Gasteiger partial charge in [-0.05, 0) is 37.8 Å². The number of thioether (sulfide) groups is 1. The molecule has 0 unspecified atom stereocenters. The fraction of sp³-hybridized carbons (Fsp3) is 0.471. The molecule has 1 aliphatic carbocycles. The van der Waals surface area contributed by atoms with E-state index in [0.717, 1.165) is 35.2 Å². The number of carbonyl (C=O) groups excluding carboxylic acids is 1. The number of halogens is 3. The standard InChI is InChI=1S/C17H19F3N4OS2/c1-11(12-7-8-12)24(10-17(18,19)20)14(25)9-26-16-23-22-15(27-16)21-13-5-3-2-4-6-13/h2-6,11-12H,7-10H2,1H3,(H,21,22)/t11-/m0/s1. The first-order chi connectivity index (χ1) is 12.8. The number of nitrogens with one attached hydrogen (secondary N) is 1. The van der Waals surface area contributed by atoms with Crippen LogP contribution < -0.4 is 5.32 Å². The summed E-state index contributed by atoms with van der Waals surface area (Å²) in [5.41, 5.74) is 0.857. The highest BCUT2D eigenvalue weighted by Gasteiger charge is 2.40. The molecule has 1 N–H and O–H groups in total. The second kappa shape index (κ2) is 8.47. The highest BCUT2D eigenvalue weighted by atomic mass is 32.2. The van der Waals surface area contributed by atoms with Crippen molar-refractivity contribution < 1.29 is 18.0 Å². The molecule has 1 saturated carbocycles. The second-order valence-electron chi connectivity index (χ2n) is 6.37. The van der Waals surface area contributed by atoms with Gasteiger partial charge >= 0.3 is 6.18 Å². The number of nitrogens with zero attached hydrogens (tertiary/aromatic N) is 3. The van der Waals surface area contributed by atoms with E-state index in [-0.39, 0.29) is 11.7 Å². The van der Waals surface area contributed by atoms with Gasteiger partial charge < -0.3 is 10.2 Å². The van der Waals surface area contributed by atoms with Crippen LogP contribution in [-0.4, -0.2) is 45.5 Å². The minimum atomic E-state index is -4.40. The summed E-state index contributed by atoms with van der Waals surface area (Å²) in [6.07, 6.45) is -2.65. The van der Waals surface area contributed by atoms with Crippen LogP contribution in [-0.2, 0) is 4.79 Å². The van der Waals surface area contributed by atoms with E-state index in [9.17, 15) is 18.0 Å². The van der Waals surface area contributed by atoms with E-state index in [0.29, 0.717) is 9.47 Å². The smallest absolute Gasteiger partial charge is 0.330 e. The molecule has 1 aromatic heterocycles. The van der Waals surface area contributed by atoms with Crippen molar-refractivity contribution >= 4 is 39.8 Å². The first-order valence-corrected chi connectivity index (χ1v) is 10.3. The Hall–Kier alpha value is -1.81. The maximum absolute atomic E-state index is 12.9. The summed E-state index contributed by atoms with van der Waals surface area (Å²) in [6, 6.07) is 9.03. The number of aromatic nitrogens is 2. The van der Waals surface area contributed by atoms with E-state index in [2.05, 4.69) is 15.5 Å².